The molecule has 2 aliphatic rings. The van der Waals surface area contributed by atoms with Gasteiger partial charge in [0.25, 0.3) is 0 Å². The Kier molecular flexibility index (Phi) is 1.38. The van der Waals surface area contributed by atoms with Gasteiger partial charge in [0.2, 0.25) is 5.91 Å². The number of carbonyl (C=O) groups excluding carboxylic acids is 1. The fourth-order valence-electron chi connectivity index (χ4n) is 0.890. The molecule has 3 heteroatoms. The maximum Gasteiger partial charge on any atom is 0.223 e. The molecule has 1 aliphatic heterocycles. The maximum atomic E-state index is 11.0. The Hall–Kier alpha value is -0.570. The molecule has 0 spiro atoms. The van der Waals surface area contributed by atoms with Gasteiger partial charge in [-0.15, -0.1) is 0 Å². The summed E-state index contributed by atoms with van der Waals surface area (Å²) in [5, 5.41) is 2.84. The maximum absolute atomic E-state index is 11.0. The number of carbonyl (C=O) groups is 1. The molecular weight excluding hydrogens is 130 g/mol. The third kappa shape index (κ3) is 1.48. The normalized spacial score (nSPS) is 29.8. The Morgan fingerprint density at radius 1 is 1.60 bits per heavy atom. The zero-order chi connectivity index (χ0) is 6.97. The van der Waals surface area contributed by atoms with Gasteiger partial charge in [-0.1, -0.05) is 0 Å². The van der Waals surface area contributed by atoms with Crippen molar-refractivity contribution < 1.29 is 9.53 Å². The second-order valence-electron chi connectivity index (χ2n) is 2.97. The van der Waals surface area contributed by atoms with Crippen molar-refractivity contribution in [2.45, 2.75) is 18.9 Å². The molecule has 0 radical (unpaired) electrons. The summed E-state index contributed by atoms with van der Waals surface area (Å²) in [6.45, 7) is 1.54. The lowest BCUT2D eigenvalue weighted by molar-refractivity contribution is -0.122. The summed E-state index contributed by atoms with van der Waals surface area (Å²) in [6.07, 6.45) is 2.48. The number of nitrogens with one attached hydrogen (secondary N) is 1. The first-order chi connectivity index (χ1) is 4.86. The number of hydrogen-bond donors (Lipinski definition) is 1. The molecule has 0 aromatic carbocycles. The van der Waals surface area contributed by atoms with Gasteiger partial charge < -0.3 is 10.1 Å². The molecule has 1 aliphatic carbocycles. The Bertz CT molecular complexity index is 150. The van der Waals surface area contributed by atoms with Crippen molar-refractivity contribution in [2.75, 3.05) is 13.2 Å². The van der Waals surface area contributed by atoms with Gasteiger partial charge in [0.1, 0.15) is 0 Å². The third-order valence-corrected chi connectivity index (χ3v) is 1.85. The van der Waals surface area contributed by atoms with E-state index in [2.05, 4.69) is 5.32 Å². The van der Waals surface area contributed by atoms with Gasteiger partial charge >= 0.3 is 0 Å². The minimum absolute atomic E-state index is 0.218. The Labute approximate surface area is 59.7 Å². The predicted octanol–water partition coefficient (Wildman–Crippen LogP) is -0.0886. The van der Waals surface area contributed by atoms with Crippen LogP contribution in [0.4, 0.5) is 0 Å². The van der Waals surface area contributed by atoms with Crippen LogP contribution in [-0.4, -0.2) is 25.2 Å². The average molecular weight is 141 g/mol. The van der Waals surface area contributed by atoms with E-state index in [0.29, 0.717) is 12.0 Å². The van der Waals surface area contributed by atoms with Gasteiger partial charge in [-0.25, -0.2) is 0 Å². The van der Waals surface area contributed by atoms with Crippen molar-refractivity contribution in [1.82, 2.24) is 5.32 Å². The van der Waals surface area contributed by atoms with Gasteiger partial charge in [-0.05, 0) is 12.8 Å². The highest BCUT2D eigenvalue weighted by atomic mass is 16.6. The van der Waals surface area contributed by atoms with E-state index in [9.17, 15) is 4.79 Å². The number of ether oxygens (including phenoxy) is 1. The van der Waals surface area contributed by atoms with Crippen molar-refractivity contribution in [1.29, 1.82) is 0 Å². The van der Waals surface area contributed by atoms with Gasteiger partial charge in [-0.2, -0.15) is 0 Å². The smallest absolute Gasteiger partial charge is 0.223 e. The molecule has 2 rings (SSSR count). The van der Waals surface area contributed by atoms with Crippen molar-refractivity contribution in [3.05, 3.63) is 0 Å². The molecule has 0 bridgehead atoms. The standard InChI is InChI=1S/C7H11NO2/c9-7(5-1-2-5)8-3-6-4-10-6/h5-6H,1-4H2,(H,8,9)/t6-/m0/s1. The van der Waals surface area contributed by atoms with Gasteiger partial charge in [-0.3, -0.25) is 4.79 Å². The molecule has 1 saturated heterocycles. The average Bonchev–Trinajstić information content (AvgIpc) is 2.76. The van der Waals surface area contributed by atoms with Crippen molar-refractivity contribution in [2.24, 2.45) is 5.92 Å². The van der Waals surface area contributed by atoms with Crippen LogP contribution < -0.4 is 5.32 Å². The Balaban J connectivity index is 1.63. The molecule has 2 fully saturated rings. The molecule has 0 aromatic rings. The zero-order valence-corrected chi connectivity index (χ0v) is 5.80. The minimum atomic E-state index is 0.218. The van der Waals surface area contributed by atoms with E-state index in [1.807, 2.05) is 0 Å². The van der Waals surface area contributed by atoms with E-state index in [0.717, 1.165) is 26.0 Å². The van der Waals surface area contributed by atoms with Crippen LogP contribution in [0.1, 0.15) is 12.8 Å². The van der Waals surface area contributed by atoms with Crippen LogP contribution in [0.3, 0.4) is 0 Å². The van der Waals surface area contributed by atoms with Gasteiger partial charge in [0, 0.05) is 12.5 Å². The van der Waals surface area contributed by atoms with Crippen molar-refractivity contribution >= 4 is 5.91 Å². The van der Waals surface area contributed by atoms with E-state index in [1.165, 1.54) is 0 Å². The lowest BCUT2D eigenvalue weighted by atomic mass is 10.4. The molecule has 10 heavy (non-hydrogen) atoms. The lowest BCUT2D eigenvalue weighted by Gasteiger charge is -1.98. The molecule has 3 nitrogen and oxygen atoms in total. The van der Waals surface area contributed by atoms with E-state index < -0.39 is 0 Å². The molecule has 0 unspecified atom stereocenters. The van der Waals surface area contributed by atoms with E-state index >= 15 is 0 Å². The second-order valence-corrected chi connectivity index (χ2v) is 2.97. The monoisotopic (exact) mass is 141 g/mol. The summed E-state index contributed by atoms with van der Waals surface area (Å²) in [5.41, 5.74) is 0. The summed E-state index contributed by atoms with van der Waals surface area (Å²) in [4.78, 5) is 11.0. The topological polar surface area (TPSA) is 41.6 Å². The highest BCUT2D eigenvalue weighted by molar-refractivity contribution is 5.80. The number of hydrogen-bond acceptors (Lipinski definition) is 2. The number of rotatable bonds is 3. The second kappa shape index (κ2) is 2.23. The van der Waals surface area contributed by atoms with E-state index in [-0.39, 0.29) is 5.91 Å². The van der Waals surface area contributed by atoms with Crippen LogP contribution >= 0.6 is 0 Å². The van der Waals surface area contributed by atoms with Crippen LogP contribution in [0.2, 0.25) is 0 Å². The zero-order valence-electron chi connectivity index (χ0n) is 5.80. The van der Waals surface area contributed by atoms with Gasteiger partial charge in [0.05, 0.1) is 12.7 Å². The van der Waals surface area contributed by atoms with E-state index in [1.54, 1.807) is 0 Å². The molecule has 1 atom stereocenters. The van der Waals surface area contributed by atoms with Crippen molar-refractivity contribution in [3.8, 4) is 0 Å². The highest BCUT2D eigenvalue weighted by Gasteiger charge is 2.31. The summed E-state index contributed by atoms with van der Waals surface area (Å²) in [5.74, 6) is 0.550. The molecular formula is C7H11NO2. The molecule has 1 N–H and O–H groups in total. The number of epoxide rings is 1. The number of amides is 1. The summed E-state index contributed by atoms with van der Waals surface area (Å²) >= 11 is 0. The summed E-state index contributed by atoms with van der Waals surface area (Å²) in [6, 6.07) is 0. The first-order valence-corrected chi connectivity index (χ1v) is 3.75. The fraction of sp³-hybridized carbons (Fsp3) is 0.857. The molecule has 0 aromatic heterocycles. The van der Waals surface area contributed by atoms with Crippen molar-refractivity contribution in [3.63, 3.8) is 0 Å². The molecule has 1 amide bonds. The SMILES string of the molecule is O=C(NC[C@H]1CO1)C1CC1. The summed E-state index contributed by atoms with van der Waals surface area (Å²) in [7, 11) is 0. The Morgan fingerprint density at radius 3 is 2.80 bits per heavy atom. The van der Waals surface area contributed by atoms with Crippen LogP contribution in [-0.2, 0) is 9.53 Å². The first kappa shape index (κ1) is 6.16. The molecule has 56 valence electrons. The van der Waals surface area contributed by atoms with Crippen LogP contribution in [0.15, 0.2) is 0 Å². The first-order valence-electron chi connectivity index (χ1n) is 3.75. The van der Waals surface area contributed by atoms with Crippen LogP contribution in [0.5, 0.6) is 0 Å². The minimum Gasteiger partial charge on any atom is -0.371 e. The van der Waals surface area contributed by atoms with E-state index in [4.69, 9.17) is 4.74 Å². The highest BCUT2D eigenvalue weighted by Crippen LogP contribution is 2.28. The van der Waals surface area contributed by atoms with Gasteiger partial charge in [0.15, 0.2) is 0 Å². The largest absolute Gasteiger partial charge is 0.371 e. The summed E-state index contributed by atoms with van der Waals surface area (Å²) < 4.78 is 4.94. The lowest BCUT2D eigenvalue weighted by Crippen LogP contribution is -2.28. The molecule has 1 saturated carbocycles. The van der Waals surface area contributed by atoms with Crippen LogP contribution in [0, 0.1) is 5.92 Å². The van der Waals surface area contributed by atoms with Crippen LogP contribution in [0.25, 0.3) is 0 Å². The Morgan fingerprint density at radius 2 is 2.30 bits per heavy atom. The fourth-order valence-corrected chi connectivity index (χ4v) is 0.890. The molecule has 1 heterocycles. The third-order valence-electron chi connectivity index (χ3n) is 1.85. The quantitative estimate of drug-likeness (QED) is 0.558. The predicted molar refractivity (Wildman–Crippen MR) is 35.5 cm³/mol.